The first kappa shape index (κ1) is 31.7. The fraction of sp³-hybridized carbons (Fsp3) is 0.429. The van der Waals surface area contributed by atoms with Gasteiger partial charge in [-0.25, -0.2) is 22.8 Å². The Morgan fingerprint density at radius 2 is 1.68 bits per heavy atom. The molecule has 1 fully saturated rings. The van der Waals surface area contributed by atoms with E-state index in [1.165, 1.54) is 12.1 Å². The van der Waals surface area contributed by atoms with Crippen LogP contribution in [0.25, 0.3) is 0 Å². The lowest BCUT2D eigenvalue weighted by Crippen LogP contribution is -2.45. The molecule has 12 nitrogen and oxygen atoms in total. The zero-order chi connectivity index (χ0) is 30.2. The summed E-state index contributed by atoms with van der Waals surface area (Å²) in [6.45, 7) is 7.24. The van der Waals surface area contributed by atoms with Gasteiger partial charge in [0.1, 0.15) is 24.2 Å². The normalized spacial score (nSPS) is 16.0. The number of nitrogens with one attached hydrogen (secondary N) is 4. The Labute approximate surface area is 239 Å². The minimum absolute atomic E-state index is 0.0391. The molecule has 1 aliphatic rings. The molecular formula is C28H36N4O8S. The van der Waals surface area contributed by atoms with Gasteiger partial charge in [-0.3, -0.25) is 4.79 Å². The van der Waals surface area contributed by atoms with Crippen LogP contribution in [0, 0.1) is 6.92 Å². The second-order valence-corrected chi connectivity index (χ2v) is 12.4. The molecule has 0 unspecified atom stereocenters. The predicted molar refractivity (Wildman–Crippen MR) is 150 cm³/mol. The highest BCUT2D eigenvalue weighted by Gasteiger charge is 2.32. The zero-order valence-electron chi connectivity index (χ0n) is 23.5. The zero-order valence-corrected chi connectivity index (χ0v) is 24.3. The van der Waals surface area contributed by atoms with E-state index in [9.17, 15) is 27.6 Å². The van der Waals surface area contributed by atoms with E-state index in [1.807, 2.05) is 6.92 Å². The average Bonchev–Trinajstić information content (AvgIpc) is 3.43. The van der Waals surface area contributed by atoms with E-state index in [4.69, 9.17) is 9.47 Å². The summed E-state index contributed by atoms with van der Waals surface area (Å²) in [5, 5.41) is 7.93. The van der Waals surface area contributed by atoms with Crippen molar-refractivity contribution in [3.63, 3.8) is 0 Å². The number of esters is 2. The Hall–Kier alpha value is -3.81. The number of aryl methyl sites for hydroxylation is 1. The van der Waals surface area contributed by atoms with Gasteiger partial charge in [-0.15, -0.1) is 0 Å². The van der Waals surface area contributed by atoms with Crippen LogP contribution in [-0.2, 0) is 40.3 Å². The molecule has 222 valence electrons. The second kappa shape index (κ2) is 13.7. The van der Waals surface area contributed by atoms with E-state index in [1.54, 1.807) is 57.2 Å². The second-order valence-electron chi connectivity index (χ2n) is 10.7. The third kappa shape index (κ3) is 10.3. The summed E-state index contributed by atoms with van der Waals surface area (Å²) in [6, 6.07) is 10.4. The van der Waals surface area contributed by atoms with Gasteiger partial charge in [0.25, 0.3) is 0 Å². The lowest BCUT2D eigenvalue weighted by atomic mass is 10.1. The van der Waals surface area contributed by atoms with Gasteiger partial charge in [-0.2, -0.15) is 4.72 Å². The highest BCUT2D eigenvalue weighted by molar-refractivity contribution is 7.89. The largest absolute Gasteiger partial charge is 0.444 e. The summed E-state index contributed by atoms with van der Waals surface area (Å²) in [5.74, 6) is -2.27. The van der Waals surface area contributed by atoms with Crippen molar-refractivity contribution in [1.82, 2.24) is 15.4 Å². The van der Waals surface area contributed by atoms with E-state index in [0.29, 0.717) is 24.2 Å². The van der Waals surface area contributed by atoms with E-state index < -0.39 is 51.6 Å². The molecule has 1 aliphatic heterocycles. The molecule has 0 aromatic heterocycles. The summed E-state index contributed by atoms with van der Waals surface area (Å²) in [7, 11) is -4.12. The van der Waals surface area contributed by atoms with Crippen molar-refractivity contribution in [2.45, 2.75) is 69.5 Å². The van der Waals surface area contributed by atoms with Gasteiger partial charge in [0.2, 0.25) is 15.9 Å². The molecule has 0 bridgehead atoms. The van der Waals surface area contributed by atoms with Gasteiger partial charge in [0, 0.05) is 5.69 Å². The molecule has 2 amide bonds. The lowest BCUT2D eigenvalue weighted by molar-refractivity contribution is -0.162. The minimum atomic E-state index is -4.12. The SMILES string of the molecule is Cc1ccc(S(=O)(=O)N[C@@H](Cc2ccc(NC(=O)CNC(=O)OC(C)(C)C)cc2)C(=O)OC(=O)[C@@H]2CCCN2)cc1. The maximum atomic E-state index is 13.0. The Bertz CT molecular complexity index is 1350. The molecule has 1 saturated heterocycles. The highest BCUT2D eigenvalue weighted by atomic mass is 32.2. The number of ether oxygens (including phenoxy) is 2. The van der Waals surface area contributed by atoms with Crippen molar-refractivity contribution in [3.05, 3.63) is 59.7 Å². The summed E-state index contributed by atoms with van der Waals surface area (Å²) < 4.78 is 38.6. The van der Waals surface area contributed by atoms with Crippen molar-refractivity contribution < 1.29 is 37.1 Å². The van der Waals surface area contributed by atoms with Crippen LogP contribution < -0.4 is 20.7 Å². The van der Waals surface area contributed by atoms with Crippen molar-refractivity contribution in [3.8, 4) is 0 Å². The molecule has 13 heteroatoms. The fourth-order valence-corrected chi connectivity index (χ4v) is 5.09. The summed E-state index contributed by atoms with van der Waals surface area (Å²) >= 11 is 0. The third-order valence-corrected chi connectivity index (χ3v) is 7.42. The monoisotopic (exact) mass is 588 g/mol. The summed E-state index contributed by atoms with van der Waals surface area (Å²) in [6.07, 6.45) is 0.434. The van der Waals surface area contributed by atoms with Gasteiger partial charge in [0.05, 0.1) is 4.90 Å². The molecule has 0 aliphatic carbocycles. The van der Waals surface area contributed by atoms with Crippen LogP contribution in [0.15, 0.2) is 53.4 Å². The molecule has 3 rings (SSSR count). The predicted octanol–water partition coefficient (Wildman–Crippen LogP) is 2.17. The van der Waals surface area contributed by atoms with E-state index >= 15 is 0 Å². The molecular weight excluding hydrogens is 552 g/mol. The molecule has 41 heavy (non-hydrogen) atoms. The number of benzene rings is 2. The lowest BCUT2D eigenvalue weighted by Gasteiger charge is -2.19. The molecule has 2 aromatic carbocycles. The Kier molecular flexibility index (Phi) is 10.6. The Morgan fingerprint density at radius 3 is 2.27 bits per heavy atom. The molecule has 4 N–H and O–H groups in total. The Balaban J connectivity index is 1.68. The van der Waals surface area contributed by atoms with Crippen molar-refractivity contribution >= 4 is 39.6 Å². The van der Waals surface area contributed by atoms with Crippen molar-refractivity contribution in [2.24, 2.45) is 0 Å². The van der Waals surface area contributed by atoms with Crippen LogP contribution in [0.1, 0.15) is 44.7 Å². The summed E-state index contributed by atoms with van der Waals surface area (Å²) in [5.41, 5.74) is 1.11. The van der Waals surface area contributed by atoms with Gasteiger partial charge >= 0.3 is 18.0 Å². The number of carbonyl (C=O) groups is 4. The van der Waals surface area contributed by atoms with E-state index in [0.717, 1.165) is 12.0 Å². The topological polar surface area (TPSA) is 169 Å². The highest BCUT2D eigenvalue weighted by Crippen LogP contribution is 2.16. The first-order chi connectivity index (χ1) is 19.2. The first-order valence-corrected chi connectivity index (χ1v) is 14.6. The van der Waals surface area contributed by atoms with Crippen LogP contribution in [0.3, 0.4) is 0 Å². The number of hydrogen-bond donors (Lipinski definition) is 4. The number of carbonyl (C=O) groups excluding carboxylic acids is 4. The number of hydrogen-bond acceptors (Lipinski definition) is 9. The van der Waals surface area contributed by atoms with Crippen LogP contribution in [0.4, 0.5) is 10.5 Å². The van der Waals surface area contributed by atoms with Crippen LogP contribution in [-0.4, -0.2) is 63.1 Å². The smallest absolute Gasteiger partial charge is 0.408 e. The maximum absolute atomic E-state index is 13.0. The van der Waals surface area contributed by atoms with Crippen molar-refractivity contribution in [2.75, 3.05) is 18.4 Å². The van der Waals surface area contributed by atoms with Crippen molar-refractivity contribution in [1.29, 1.82) is 0 Å². The van der Waals surface area contributed by atoms with E-state index in [2.05, 4.69) is 20.7 Å². The molecule has 2 atom stereocenters. The molecule has 2 aromatic rings. The number of rotatable bonds is 10. The number of sulfonamides is 1. The first-order valence-electron chi connectivity index (χ1n) is 13.2. The Morgan fingerprint density at radius 1 is 1.02 bits per heavy atom. The third-order valence-electron chi connectivity index (χ3n) is 5.93. The van der Waals surface area contributed by atoms with Gasteiger partial charge < -0.3 is 25.4 Å². The minimum Gasteiger partial charge on any atom is -0.444 e. The van der Waals surface area contributed by atoms with Crippen LogP contribution >= 0.6 is 0 Å². The number of anilines is 1. The standard InChI is InChI=1S/C28H36N4O8S/c1-18-7-13-21(14-8-18)41(37,38)32-23(26(35)39-25(34)22-6-5-15-29-22)16-19-9-11-20(12-10-19)31-24(33)17-30-27(36)40-28(2,3)4/h7-14,22-23,29,32H,5-6,15-17H2,1-4H3,(H,30,36)(H,31,33)/t22-,23-/m0/s1. The van der Waals surface area contributed by atoms with Crippen LogP contribution in [0.5, 0.6) is 0 Å². The fourth-order valence-electron chi connectivity index (χ4n) is 3.90. The molecule has 0 saturated carbocycles. The van der Waals surface area contributed by atoms with Crippen LogP contribution in [0.2, 0.25) is 0 Å². The van der Waals surface area contributed by atoms with Gasteiger partial charge in [0.15, 0.2) is 0 Å². The quantitative estimate of drug-likeness (QED) is 0.240. The van der Waals surface area contributed by atoms with Gasteiger partial charge in [-0.05, 0) is 83.3 Å². The average molecular weight is 589 g/mol. The molecule has 0 spiro atoms. The number of amides is 2. The summed E-state index contributed by atoms with van der Waals surface area (Å²) in [4.78, 5) is 49.3. The van der Waals surface area contributed by atoms with Gasteiger partial charge in [-0.1, -0.05) is 29.8 Å². The number of alkyl carbamates (subject to hydrolysis) is 1. The molecule has 1 heterocycles. The molecule has 0 radical (unpaired) electrons. The maximum Gasteiger partial charge on any atom is 0.408 e. The van der Waals surface area contributed by atoms with E-state index in [-0.39, 0.29) is 17.9 Å².